The SMILES string of the molecule is CCCCCCOc1ccc(/C=C(\C#N)C(=O)Nc2ccc3c(c2)OCO3)cc1OC. The highest BCUT2D eigenvalue weighted by Crippen LogP contribution is 2.34. The molecule has 0 unspecified atom stereocenters. The number of amides is 1. The number of nitriles is 1. The van der Waals surface area contributed by atoms with Crippen molar-refractivity contribution in [3.8, 4) is 29.1 Å². The van der Waals surface area contributed by atoms with E-state index in [1.165, 1.54) is 18.9 Å². The zero-order valence-corrected chi connectivity index (χ0v) is 17.8. The Morgan fingerprint density at radius 3 is 2.74 bits per heavy atom. The molecule has 1 aliphatic heterocycles. The van der Waals surface area contributed by atoms with Crippen molar-refractivity contribution in [1.29, 1.82) is 5.26 Å². The first kappa shape index (κ1) is 22.0. The van der Waals surface area contributed by atoms with E-state index in [0.717, 1.165) is 12.8 Å². The predicted molar refractivity (Wildman–Crippen MR) is 117 cm³/mol. The first-order valence-corrected chi connectivity index (χ1v) is 10.3. The second-order valence-corrected chi connectivity index (χ2v) is 7.01. The number of unbranched alkanes of at least 4 members (excludes halogenated alkanes) is 3. The number of fused-ring (bicyclic) bond motifs is 1. The van der Waals surface area contributed by atoms with Crippen LogP contribution < -0.4 is 24.3 Å². The number of carbonyl (C=O) groups excluding carboxylic acids is 1. The largest absolute Gasteiger partial charge is 0.493 e. The fourth-order valence-electron chi connectivity index (χ4n) is 3.09. The van der Waals surface area contributed by atoms with Crippen LogP contribution >= 0.6 is 0 Å². The number of nitrogens with zero attached hydrogens (tertiary/aromatic N) is 1. The highest BCUT2D eigenvalue weighted by molar-refractivity contribution is 6.09. The number of nitrogens with one attached hydrogen (secondary N) is 1. The van der Waals surface area contributed by atoms with Gasteiger partial charge in [0.1, 0.15) is 11.6 Å². The molecule has 0 radical (unpaired) electrons. The van der Waals surface area contributed by atoms with Gasteiger partial charge in [-0.2, -0.15) is 5.26 Å². The second-order valence-electron chi connectivity index (χ2n) is 7.01. The fraction of sp³-hybridized carbons (Fsp3) is 0.333. The van der Waals surface area contributed by atoms with Crippen LogP contribution in [0.4, 0.5) is 5.69 Å². The number of benzene rings is 2. The normalized spacial score (nSPS) is 12.2. The van der Waals surface area contributed by atoms with Gasteiger partial charge in [-0.25, -0.2) is 0 Å². The summed E-state index contributed by atoms with van der Waals surface area (Å²) in [6.45, 7) is 2.93. The molecule has 2 aromatic carbocycles. The first-order chi connectivity index (χ1) is 15.1. The minimum atomic E-state index is -0.517. The zero-order chi connectivity index (χ0) is 22.1. The van der Waals surface area contributed by atoms with Gasteiger partial charge in [0.2, 0.25) is 6.79 Å². The average molecular weight is 422 g/mol. The van der Waals surface area contributed by atoms with Crippen molar-refractivity contribution >= 4 is 17.7 Å². The number of hydrogen-bond acceptors (Lipinski definition) is 6. The van der Waals surface area contributed by atoms with Crippen molar-refractivity contribution in [2.45, 2.75) is 32.6 Å². The third-order valence-electron chi connectivity index (χ3n) is 4.75. The zero-order valence-electron chi connectivity index (χ0n) is 17.8. The Morgan fingerprint density at radius 2 is 1.97 bits per heavy atom. The molecular weight excluding hydrogens is 396 g/mol. The molecule has 1 heterocycles. The minimum absolute atomic E-state index is 0.0343. The molecule has 0 bridgehead atoms. The molecule has 31 heavy (non-hydrogen) atoms. The molecule has 0 spiro atoms. The quantitative estimate of drug-likeness (QED) is 0.332. The van der Waals surface area contributed by atoms with Gasteiger partial charge in [-0.15, -0.1) is 0 Å². The smallest absolute Gasteiger partial charge is 0.266 e. The maximum absolute atomic E-state index is 12.6. The number of ether oxygens (including phenoxy) is 4. The van der Waals surface area contributed by atoms with Gasteiger partial charge in [0.05, 0.1) is 13.7 Å². The van der Waals surface area contributed by atoms with Crippen LogP contribution in [-0.4, -0.2) is 26.4 Å². The molecule has 0 saturated heterocycles. The molecule has 1 amide bonds. The molecule has 0 aliphatic carbocycles. The Balaban J connectivity index is 1.68. The van der Waals surface area contributed by atoms with Crippen LogP contribution in [0.25, 0.3) is 6.08 Å². The summed E-state index contributed by atoms with van der Waals surface area (Å²) in [7, 11) is 1.56. The third-order valence-corrected chi connectivity index (χ3v) is 4.75. The van der Waals surface area contributed by atoms with Crippen LogP contribution in [0.5, 0.6) is 23.0 Å². The van der Waals surface area contributed by atoms with E-state index in [9.17, 15) is 10.1 Å². The van der Waals surface area contributed by atoms with Crippen molar-refractivity contribution < 1.29 is 23.7 Å². The lowest BCUT2D eigenvalue weighted by Crippen LogP contribution is -2.13. The highest BCUT2D eigenvalue weighted by atomic mass is 16.7. The van der Waals surface area contributed by atoms with Crippen LogP contribution in [0.1, 0.15) is 38.2 Å². The summed E-state index contributed by atoms with van der Waals surface area (Å²) >= 11 is 0. The van der Waals surface area contributed by atoms with Gasteiger partial charge in [-0.3, -0.25) is 4.79 Å². The van der Waals surface area contributed by atoms with Crippen LogP contribution in [0.3, 0.4) is 0 Å². The van der Waals surface area contributed by atoms with Gasteiger partial charge < -0.3 is 24.3 Å². The number of methoxy groups -OCH3 is 1. The summed E-state index contributed by atoms with van der Waals surface area (Å²) in [5.41, 5.74) is 1.14. The van der Waals surface area contributed by atoms with Crippen LogP contribution in [0.15, 0.2) is 42.0 Å². The minimum Gasteiger partial charge on any atom is -0.493 e. The van der Waals surface area contributed by atoms with Crippen molar-refractivity contribution in [3.05, 3.63) is 47.5 Å². The molecule has 1 aliphatic rings. The third kappa shape index (κ3) is 5.92. The second kappa shape index (κ2) is 10.9. The Bertz CT molecular complexity index is 994. The topological polar surface area (TPSA) is 89.8 Å². The molecule has 1 N–H and O–H groups in total. The molecule has 3 rings (SSSR count). The van der Waals surface area contributed by atoms with Crippen LogP contribution in [-0.2, 0) is 4.79 Å². The van der Waals surface area contributed by atoms with E-state index >= 15 is 0 Å². The van der Waals surface area contributed by atoms with Gasteiger partial charge in [0.15, 0.2) is 23.0 Å². The number of rotatable bonds is 10. The van der Waals surface area contributed by atoms with Gasteiger partial charge in [0.25, 0.3) is 5.91 Å². The molecule has 7 heteroatoms. The van der Waals surface area contributed by atoms with E-state index in [1.807, 2.05) is 6.07 Å². The highest BCUT2D eigenvalue weighted by Gasteiger charge is 2.16. The maximum Gasteiger partial charge on any atom is 0.266 e. The molecule has 0 atom stereocenters. The lowest BCUT2D eigenvalue weighted by Gasteiger charge is -2.11. The standard InChI is InChI=1S/C24H26N2O5/c1-3-4-5-6-11-29-20-9-7-17(13-22(20)28-2)12-18(15-25)24(27)26-19-8-10-21-23(14-19)31-16-30-21/h7-10,12-14H,3-6,11,16H2,1-2H3,(H,26,27)/b18-12+. The van der Waals surface area contributed by atoms with E-state index in [1.54, 1.807) is 43.5 Å². The van der Waals surface area contributed by atoms with Crippen molar-refractivity contribution in [2.75, 3.05) is 25.8 Å². The number of hydrogen-bond donors (Lipinski definition) is 1. The summed E-state index contributed by atoms with van der Waals surface area (Å²) in [5, 5.41) is 12.2. The number of anilines is 1. The van der Waals surface area contributed by atoms with Gasteiger partial charge in [-0.05, 0) is 42.3 Å². The maximum atomic E-state index is 12.6. The summed E-state index contributed by atoms with van der Waals surface area (Å²) in [4.78, 5) is 12.6. The van der Waals surface area contributed by atoms with Crippen LogP contribution in [0.2, 0.25) is 0 Å². The molecule has 0 aromatic heterocycles. The lowest BCUT2D eigenvalue weighted by molar-refractivity contribution is -0.112. The molecule has 162 valence electrons. The van der Waals surface area contributed by atoms with E-state index < -0.39 is 5.91 Å². The van der Waals surface area contributed by atoms with Crippen LogP contribution in [0, 0.1) is 11.3 Å². The summed E-state index contributed by atoms with van der Waals surface area (Å²) in [5.74, 6) is 1.85. The number of carbonyl (C=O) groups is 1. The first-order valence-electron chi connectivity index (χ1n) is 10.3. The molecule has 7 nitrogen and oxygen atoms in total. The van der Waals surface area contributed by atoms with Gasteiger partial charge in [0, 0.05) is 11.8 Å². The Kier molecular flexibility index (Phi) is 7.77. The summed E-state index contributed by atoms with van der Waals surface area (Å²) in [6.07, 6.45) is 5.99. The van der Waals surface area contributed by atoms with Gasteiger partial charge in [-0.1, -0.05) is 32.3 Å². The van der Waals surface area contributed by atoms with E-state index in [2.05, 4.69) is 12.2 Å². The van der Waals surface area contributed by atoms with E-state index in [-0.39, 0.29) is 12.4 Å². The van der Waals surface area contributed by atoms with E-state index in [4.69, 9.17) is 18.9 Å². The lowest BCUT2D eigenvalue weighted by atomic mass is 10.1. The van der Waals surface area contributed by atoms with Gasteiger partial charge >= 0.3 is 0 Å². The molecular formula is C24H26N2O5. The monoisotopic (exact) mass is 422 g/mol. The molecule has 0 saturated carbocycles. The molecule has 0 fully saturated rings. The van der Waals surface area contributed by atoms with Crippen molar-refractivity contribution in [1.82, 2.24) is 0 Å². The average Bonchev–Trinajstić information content (AvgIpc) is 3.25. The Labute approximate surface area is 182 Å². The Morgan fingerprint density at radius 1 is 1.13 bits per heavy atom. The molecule has 2 aromatic rings. The predicted octanol–water partition coefficient (Wildman–Crippen LogP) is 4.93. The van der Waals surface area contributed by atoms with Crippen molar-refractivity contribution in [3.63, 3.8) is 0 Å². The van der Waals surface area contributed by atoms with E-state index in [0.29, 0.717) is 40.9 Å². The summed E-state index contributed by atoms with van der Waals surface area (Å²) in [6, 6.07) is 12.3. The summed E-state index contributed by atoms with van der Waals surface area (Å²) < 4.78 is 21.8. The fourth-order valence-corrected chi connectivity index (χ4v) is 3.09. The Hall–Kier alpha value is -3.66. The van der Waals surface area contributed by atoms with Crippen molar-refractivity contribution in [2.24, 2.45) is 0 Å².